The quantitative estimate of drug-likeness (QED) is 0.165. The van der Waals surface area contributed by atoms with E-state index in [1.165, 1.54) is 88.9 Å². The minimum absolute atomic E-state index is 0.0591. The topological polar surface area (TPSA) is 11.4 Å². The van der Waals surface area contributed by atoms with Crippen LogP contribution < -0.4 is 26.2 Å². The molecule has 0 spiro atoms. The number of hydrogen-bond acceptors (Lipinski definition) is 2. The van der Waals surface area contributed by atoms with E-state index in [4.69, 9.17) is 0 Å². The molecule has 0 aliphatic carbocycles. The molecule has 60 heavy (non-hydrogen) atoms. The second kappa shape index (κ2) is 13.4. The van der Waals surface area contributed by atoms with Gasteiger partial charge in [0.05, 0.1) is 11.0 Å². The summed E-state index contributed by atoms with van der Waals surface area (Å²) in [5, 5.41) is 2.62. The predicted molar refractivity (Wildman–Crippen MR) is 258 cm³/mol. The van der Waals surface area contributed by atoms with E-state index in [2.05, 4.69) is 238 Å². The molecule has 0 amide bonds. The highest BCUT2D eigenvalue weighted by atomic mass is 15.2. The van der Waals surface area contributed by atoms with Crippen LogP contribution in [-0.2, 0) is 10.8 Å². The third-order valence-electron chi connectivity index (χ3n) is 12.9. The molecule has 0 radical (unpaired) electrons. The Bertz CT molecular complexity index is 3030. The molecule has 0 unspecified atom stereocenters. The Kier molecular flexibility index (Phi) is 8.09. The van der Waals surface area contributed by atoms with Gasteiger partial charge in [-0.15, -0.1) is 0 Å². The third kappa shape index (κ3) is 5.65. The summed E-state index contributed by atoms with van der Waals surface area (Å²) in [6.45, 7) is 13.9. The Morgan fingerprint density at radius 2 is 0.850 bits per heavy atom. The summed E-state index contributed by atoms with van der Waals surface area (Å²) in [5.41, 5.74) is 20.0. The van der Waals surface area contributed by atoms with Gasteiger partial charge in [0.15, 0.2) is 0 Å². The molecule has 0 N–H and O–H groups in total. The molecule has 290 valence electrons. The Balaban J connectivity index is 1.07. The molecule has 0 bridgehead atoms. The summed E-state index contributed by atoms with van der Waals surface area (Å²) in [7, 11) is 0. The molecule has 11 rings (SSSR count). The van der Waals surface area contributed by atoms with Crippen molar-refractivity contribution in [1.82, 2.24) is 4.57 Å². The van der Waals surface area contributed by atoms with Crippen molar-refractivity contribution in [1.29, 1.82) is 0 Å². The van der Waals surface area contributed by atoms with Crippen LogP contribution in [0.3, 0.4) is 0 Å². The molecule has 3 nitrogen and oxygen atoms in total. The Labute approximate surface area is 354 Å². The van der Waals surface area contributed by atoms with Gasteiger partial charge in [-0.1, -0.05) is 139 Å². The third-order valence-corrected chi connectivity index (χ3v) is 12.9. The Morgan fingerprint density at radius 3 is 1.40 bits per heavy atom. The van der Waals surface area contributed by atoms with E-state index in [9.17, 15) is 0 Å². The fourth-order valence-corrected chi connectivity index (χ4v) is 9.82. The zero-order chi connectivity index (χ0) is 40.9. The van der Waals surface area contributed by atoms with E-state index < -0.39 is 0 Å². The normalized spacial score (nSPS) is 13.4. The molecule has 0 atom stereocenters. The molecule has 4 heteroatoms. The average Bonchev–Trinajstić information content (AvgIpc) is 3.59. The van der Waals surface area contributed by atoms with Crippen LogP contribution in [0.25, 0.3) is 38.6 Å². The van der Waals surface area contributed by atoms with E-state index in [1.807, 2.05) is 0 Å². The lowest BCUT2D eigenvalue weighted by Gasteiger charge is -2.44. The highest BCUT2D eigenvalue weighted by molar-refractivity contribution is 7.00. The van der Waals surface area contributed by atoms with Crippen molar-refractivity contribution in [3.8, 4) is 16.8 Å². The molecule has 0 fully saturated rings. The molecule has 8 aromatic carbocycles. The number of aromatic nitrogens is 1. The molecule has 2 aliphatic rings. The lowest BCUT2D eigenvalue weighted by Crippen LogP contribution is -2.61. The van der Waals surface area contributed by atoms with Crippen LogP contribution in [0.1, 0.15) is 52.7 Å². The molecule has 1 aromatic heterocycles. The number of anilines is 6. The van der Waals surface area contributed by atoms with Crippen molar-refractivity contribution >= 4 is 79.0 Å². The van der Waals surface area contributed by atoms with Gasteiger partial charge in [0.25, 0.3) is 6.71 Å². The second-order valence-corrected chi connectivity index (χ2v) is 18.7. The lowest BCUT2D eigenvalue weighted by atomic mass is 9.33. The van der Waals surface area contributed by atoms with Crippen molar-refractivity contribution in [3.63, 3.8) is 0 Å². The molecule has 3 heterocycles. The van der Waals surface area contributed by atoms with E-state index in [0.717, 1.165) is 11.4 Å². The van der Waals surface area contributed by atoms with Crippen LogP contribution in [0.15, 0.2) is 182 Å². The number of benzene rings is 8. The maximum Gasteiger partial charge on any atom is 0.252 e. The zero-order valence-electron chi connectivity index (χ0n) is 35.2. The maximum absolute atomic E-state index is 2.47. The summed E-state index contributed by atoms with van der Waals surface area (Å²) in [4.78, 5) is 4.91. The van der Waals surface area contributed by atoms with E-state index in [1.54, 1.807) is 0 Å². The molecular weight excluding hydrogens is 725 g/mol. The van der Waals surface area contributed by atoms with Gasteiger partial charge in [0.1, 0.15) is 0 Å². The first-order valence-corrected chi connectivity index (χ1v) is 21.3. The first-order chi connectivity index (χ1) is 29.0. The molecule has 9 aromatic rings. The van der Waals surface area contributed by atoms with Gasteiger partial charge in [-0.25, -0.2) is 0 Å². The van der Waals surface area contributed by atoms with Gasteiger partial charge in [0.2, 0.25) is 0 Å². The van der Waals surface area contributed by atoms with E-state index >= 15 is 0 Å². The fourth-order valence-electron chi connectivity index (χ4n) is 9.82. The fraction of sp³-hybridized carbons (Fsp3) is 0.143. The van der Waals surface area contributed by atoms with Gasteiger partial charge in [-0.3, -0.25) is 0 Å². The summed E-state index contributed by atoms with van der Waals surface area (Å²) >= 11 is 0. The van der Waals surface area contributed by atoms with Gasteiger partial charge in [0, 0.05) is 50.6 Å². The molecule has 2 aliphatic heterocycles. The first kappa shape index (κ1) is 36.3. The van der Waals surface area contributed by atoms with Crippen LogP contribution in [0, 0.1) is 0 Å². The SMILES string of the molecule is CC(C)(C)c1ccc2c(c1)c1cc(C(C)(C)C)ccc1n2-c1ccc(-c2ccc3c(c2)B2c4ccccc4N(c4ccccc4)c4cccc(c42)N3c2ccccc2)cc1. The highest BCUT2D eigenvalue weighted by Gasteiger charge is 2.43. The first-order valence-electron chi connectivity index (χ1n) is 21.3. The lowest BCUT2D eigenvalue weighted by molar-refractivity contribution is 0.590. The van der Waals surface area contributed by atoms with Crippen LogP contribution in [0.2, 0.25) is 0 Å². The highest BCUT2D eigenvalue weighted by Crippen LogP contribution is 2.44. The smallest absolute Gasteiger partial charge is 0.252 e. The number of para-hydroxylation sites is 3. The van der Waals surface area contributed by atoms with Gasteiger partial charge in [-0.2, -0.15) is 0 Å². The second-order valence-electron chi connectivity index (χ2n) is 18.7. The number of hydrogen-bond donors (Lipinski definition) is 0. The molecular formula is C56H48BN3. The monoisotopic (exact) mass is 773 g/mol. The van der Waals surface area contributed by atoms with Crippen LogP contribution in [0.5, 0.6) is 0 Å². The van der Waals surface area contributed by atoms with Gasteiger partial charge >= 0.3 is 0 Å². The van der Waals surface area contributed by atoms with Crippen LogP contribution >= 0.6 is 0 Å². The van der Waals surface area contributed by atoms with Crippen LogP contribution in [-0.4, -0.2) is 11.3 Å². The predicted octanol–water partition coefficient (Wildman–Crippen LogP) is 13.1. The average molecular weight is 774 g/mol. The number of nitrogens with zero attached hydrogens (tertiary/aromatic N) is 3. The van der Waals surface area contributed by atoms with Crippen molar-refractivity contribution in [2.24, 2.45) is 0 Å². The zero-order valence-corrected chi connectivity index (χ0v) is 35.2. The minimum atomic E-state index is 0.0591. The molecule has 0 saturated heterocycles. The summed E-state index contributed by atoms with van der Waals surface area (Å²) in [6.07, 6.45) is 0. The molecule has 0 saturated carbocycles. The minimum Gasteiger partial charge on any atom is -0.311 e. The Hall–Kier alpha value is -6.78. The summed E-state index contributed by atoms with van der Waals surface area (Å²) < 4.78 is 2.45. The van der Waals surface area contributed by atoms with Crippen molar-refractivity contribution in [2.45, 2.75) is 52.4 Å². The van der Waals surface area contributed by atoms with Crippen molar-refractivity contribution in [3.05, 3.63) is 193 Å². The standard InChI is InChI=1S/C56H48BN3/c1-55(2,3)39-27-32-48-44(35-39)45-36-40(56(4,5)6)28-33-49(45)58(48)43-29-24-37(25-30-43)38-26-31-51-47(34-38)57-46-20-13-14-21-50(46)59(41-16-9-7-10-17-41)52-22-15-23-53(54(52)57)60(51)42-18-11-8-12-19-42/h7-36H,1-6H3. The largest absolute Gasteiger partial charge is 0.311 e. The Morgan fingerprint density at radius 1 is 0.367 bits per heavy atom. The summed E-state index contributed by atoms with van der Waals surface area (Å²) in [5.74, 6) is 0. The van der Waals surface area contributed by atoms with Crippen molar-refractivity contribution < 1.29 is 0 Å². The number of rotatable bonds is 4. The number of fused-ring (bicyclic) bond motifs is 7. The van der Waals surface area contributed by atoms with Crippen LogP contribution in [0.4, 0.5) is 34.1 Å². The summed E-state index contributed by atoms with van der Waals surface area (Å²) in [6, 6.07) is 67.9. The van der Waals surface area contributed by atoms with E-state index in [0.29, 0.717) is 0 Å². The maximum atomic E-state index is 2.47. The van der Waals surface area contributed by atoms with Gasteiger partial charge in [-0.05, 0) is 134 Å². The van der Waals surface area contributed by atoms with Gasteiger partial charge < -0.3 is 14.4 Å². The van der Waals surface area contributed by atoms with E-state index in [-0.39, 0.29) is 17.5 Å². The van der Waals surface area contributed by atoms with Crippen molar-refractivity contribution in [2.75, 3.05) is 9.80 Å².